The van der Waals surface area contributed by atoms with Gasteiger partial charge in [-0.15, -0.1) is 0 Å². The van der Waals surface area contributed by atoms with E-state index in [2.05, 4.69) is 10.4 Å². The number of benzene rings is 3. The summed E-state index contributed by atoms with van der Waals surface area (Å²) >= 11 is 0. The van der Waals surface area contributed by atoms with Crippen LogP contribution < -0.4 is 10.9 Å². The number of amides is 1. The van der Waals surface area contributed by atoms with Crippen molar-refractivity contribution in [2.75, 3.05) is 5.32 Å². The average molecular weight is 391 g/mol. The van der Waals surface area contributed by atoms with Gasteiger partial charge in [-0.1, -0.05) is 42.5 Å². The van der Waals surface area contributed by atoms with E-state index in [1.807, 2.05) is 42.5 Å². The standard InChI is InChI=1S/C22H15F2N3O2/c23-15-8-9-18(24)20(12-15)25-21(28)13-27-22(29)11-10-19(26-27)17-7-3-5-14-4-1-2-6-16(14)17/h1-12H,13H2,(H,25,28). The molecule has 0 saturated heterocycles. The van der Waals surface area contributed by atoms with Crippen LogP contribution in [0, 0.1) is 11.6 Å². The number of carbonyl (C=O) groups is 1. The Balaban J connectivity index is 1.64. The van der Waals surface area contributed by atoms with Gasteiger partial charge in [0.25, 0.3) is 5.56 Å². The fourth-order valence-electron chi connectivity index (χ4n) is 3.07. The van der Waals surface area contributed by atoms with Crippen molar-refractivity contribution in [3.8, 4) is 11.3 Å². The van der Waals surface area contributed by atoms with Crippen LogP contribution >= 0.6 is 0 Å². The molecule has 0 saturated carbocycles. The predicted octanol–water partition coefficient (Wildman–Crippen LogP) is 3.98. The van der Waals surface area contributed by atoms with Crippen molar-refractivity contribution < 1.29 is 13.6 Å². The Morgan fingerprint density at radius 2 is 1.76 bits per heavy atom. The summed E-state index contributed by atoms with van der Waals surface area (Å²) in [5, 5.41) is 8.53. The van der Waals surface area contributed by atoms with Crippen molar-refractivity contribution in [2.45, 2.75) is 6.54 Å². The molecule has 0 radical (unpaired) electrons. The van der Waals surface area contributed by atoms with E-state index in [1.54, 1.807) is 6.07 Å². The molecule has 5 nitrogen and oxygen atoms in total. The van der Waals surface area contributed by atoms with Crippen LogP contribution in [0.15, 0.2) is 77.6 Å². The van der Waals surface area contributed by atoms with E-state index in [4.69, 9.17) is 0 Å². The minimum absolute atomic E-state index is 0.298. The number of aromatic nitrogens is 2. The maximum Gasteiger partial charge on any atom is 0.267 e. The highest BCUT2D eigenvalue weighted by Crippen LogP contribution is 2.26. The lowest BCUT2D eigenvalue weighted by Gasteiger charge is -2.10. The van der Waals surface area contributed by atoms with E-state index in [0.29, 0.717) is 5.69 Å². The first-order valence-electron chi connectivity index (χ1n) is 8.82. The molecule has 3 aromatic carbocycles. The van der Waals surface area contributed by atoms with Crippen LogP contribution in [0.1, 0.15) is 0 Å². The third kappa shape index (κ3) is 3.89. The lowest BCUT2D eigenvalue weighted by Crippen LogP contribution is -2.29. The highest BCUT2D eigenvalue weighted by Gasteiger charge is 2.12. The summed E-state index contributed by atoms with van der Waals surface area (Å²) in [5.41, 5.74) is 0.552. The Morgan fingerprint density at radius 1 is 0.966 bits per heavy atom. The van der Waals surface area contributed by atoms with Crippen LogP contribution in [0.4, 0.5) is 14.5 Å². The lowest BCUT2D eigenvalue weighted by molar-refractivity contribution is -0.117. The zero-order chi connectivity index (χ0) is 20.4. The Labute approximate surface area is 164 Å². The topological polar surface area (TPSA) is 64.0 Å². The highest BCUT2D eigenvalue weighted by atomic mass is 19.1. The third-order valence-electron chi connectivity index (χ3n) is 4.43. The van der Waals surface area contributed by atoms with Gasteiger partial charge in [0.1, 0.15) is 18.2 Å². The summed E-state index contributed by atoms with van der Waals surface area (Å²) in [7, 11) is 0. The fourth-order valence-corrected chi connectivity index (χ4v) is 3.07. The number of anilines is 1. The van der Waals surface area contributed by atoms with E-state index in [9.17, 15) is 18.4 Å². The monoisotopic (exact) mass is 391 g/mol. The normalized spacial score (nSPS) is 10.8. The minimum atomic E-state index is -0.774. The van der Waals surface area contributed by atoms with E-state index in [-0.39, 0.29) is 5.69 Å². The molecule has 0 aliphatic heterocycles. The molecule has 1 aromatic heterocycles. The van der Waals surface area contributed by atoms with Gasteiger partial charge in [0.2, 0.25) is 5.91 Å². The van der Waals surface area contributed by atoms with Crippen molar-refractivity contribution >= 4 is 22.4 Å². The second-order valence-electron chi connectivity index (χ2n) is 6.41. The molecule has 1 amide bonds. The maximum atomic E-state index is 13.7. The number of hydrogen-bond donors (Lipinski definition) is 1. The maximum absolute atomic E-state index is 13.7. The zero-order valence-corrected chi connectivity index (χ0v) is 15.1. The molecule has 4 aromatic rings. The Morgan fingerprint density at radius 3 is 2.62 bits per heavy atom. The summed E-state index contributed by atoms with van der Waals surface area (Å²) < 4.78 is 28.0. The van der Waals surface area contributed by atoms with Crippen molar-refractivity contribution in [3.05, 3.63) is 94.8 Å². The van der Waals surface area contributed by atoms with Gasteiger partial charge in [0, 0.05) is 17.7 Å². The second kappa shape index (κ2) is 7.63. The molecule has 0 unspecified atom stereocenters. The summed E-state index contributed by atoms with van der Waals surface area (Å²) in [6.45, 7) is -0.437. The van der Waals surface area contributed by atoms with Crippen molar-refractivity contribution in [1.29, 1.82) is 0 Å². The molecule has 1 N–H and O–H groups in total. The molecular formula is C22H15F2N3O2. The molecule has 0 spiro atoms. The van der Waals surface area contributed by atoms with Crippen molar-refractivity contribution in [2.24, 2.45) is 0 Å². The van der Waals surface area contributed by atoms with Crippen molar-refractivity contribution in [3.63, 3.8) is 0 Å². The zero-order valence-electron chi connectivity index (χ0n) is 15.1. The van der Waals surface area contributed by atoms with Gasteiger partial charge >= 0.3 is 0 Å². The molecule has 7 heteroatoms. The van der Waals surface area contributed by atoms with Crippen LogP contribution in [-0.4, -0.2) is 15.7 Å². The number of hydrogen-bond acceptors (Lipinski definition) is 3. The van der Waals surface area contributed by atoms with Crippen LogP contribution in [0.5, 0.6) is 0 Å². The Kier molecular flexibility index (Phi) is 4.87. The SMILES string of the molecule is O=C(Cn1nc(-c2cccc3ccccc23)ccc1=O)Nc1cc(F)ccc1F. The molecule has 0 aliphatic rings. The molecule has 144 valence electrons. The quantitative estimate of drug-likeness (QED) is 0.572. The fraction of sp³-hybridized carbons (Fsp3) is 0.0455. The highest BCUT2D eigenvalue weighted by molar-refractivity contribution is 5.95. The summed E-state index contributed by atoms with van der Waals surface area (Å²) in [5.74, 6) is -2.15. The second-order valence-corrected chi connectivity index (χ2v) is 6.41. The summed E-state index contributed by atoms with van der Waals surface area (Å²) in [6.07, 6.45) is 0. The van der Waals surface area contributed by atoms with Crippen LogP contribution in [-0.2, 0) is 11.3 Å². The molecule has 0 fully saturated rings. The lowest BCUT2D eigenvalue weighted by atomic mass is 10.0. The van der Waals surface area contributed by atoms with Crippen LogP contribution in [0.2, 0.25) is 0 Å². The smallest absolute Gasteiger partial charge is 0.267 e. The number of carbonyl (C=O) groups excluding carboxylic acids is 1. The number of fused-ring (bicyclic) bond motifs is 1. The van der Waals surface area contributed by atoms with Gasteiger partial charge in [-0.05, 0) is 29.0 Å². The predicted molar refractivity (Wildman–Crippen MR) is 106 cm³/mol. The minimum Gasteiger partial charge on any atom is -0.322 e. The largest absolute Gasteiger partial charge is 0.322 e. The molecule has 0 aliphatic carbocycles. The summed E-state index contributed by atoms with van der Waals surface area (Å²) in [6, 6.07) is 19.1. The van der Waals surface area contributed by atoms with Crippen LogP contribution in [0.3, 0.4) is 0 Å². The Hall–Kier alpha value is -3.87. The molecule has 4 rings (SSSR count). The van der Waals surface area contributed by atoms with Crippen molar-refractivity contribution in [1.82, 2.24) is 9.78 Å². The first-order chi connectivity index (χ1) is 14.0. The van der Waals surface area contributed by atoms with Crippen LogP contribution in [0.25, 0.3) is 22.0 Å². The van der Waals surface area contributed by atoms with Gasteiger partial charge in [-0.25, -0.2) is 13.5 Å². The third-order valence-corrected chi connectivity index (χ3v) is 4.43. The van der Waals surface area contributed by atoms with Gasteiger partial charge in [0.15, 0.2) is 0 Å². The number of nitrogens with one attached hydrogen (secondary N) is 1. The average Bonchev–Trinajstić information content (AvgIpc) is 2.72. The molecule has 0 atom stereocenters. The number of halogens is 2. The van der Waals surface area contributed by atoms with E-state index in [1.165, 1.54) is 6.07 Å². The van der Waals surface area contributed by atoms with Gasteiger partial charge in [-0.3, -0.25) is 9.59 Å². The molecular weight excluding hydrogens is 376 g/mol. The first kappa shape index (κ1) is 18.5. The number of nitrogens with zero attached hydrogens (tertiary/aromatic N) is 2. The van der Waals surface area contributed by atoms with E-state index >= 15 is 0 Å². The van der Waals surface area contributed by atoms with Gasteiger partial charge in [-0.2, -0.15) is 5.10 Å². The molecule has 1 heterocycles. The van der Waals surface area contributed by atoms with E-state index < -0.39 is 29.6 Å². The van der Waals surface area contributed by atoms with E-state index in [0.717, 1.165) is 39.2 Å². The van der Waals surface area contributed by atoms with Gasteiger partial charge < -0.3 is 5.32 Å². The Bertz CT molecular complexity index is 1280. The van der Waals surface area contributed by atoms with Gasteiger partial charge in [0.05, 0.1) is 11.4 Å². The summed E-state index contributed by atoms with van der Waals surface area (Å²) in [4.78, 5) is 24.4. The molecule has 0 bridgehead atoms. The first-order valence-corrected chi connectivity index (χ1v) is 8.82. The molecule has 29 heavy (non-hydrogen) atoms. The number of rotatable bonds is 4.